The van der Waals surface area contributed by atoms with Gasteiger partial charge in [0.15, 0.2) is 5.17 Å². The number of carbonyl (C=O) groups excluding carboxylic acids is 1. The smallest absolute Gasteiger partial charge is 0.226 e. The summed E-state index contributed by atoms with van der Waals surface area (Å²) in [7, 11) is 2.02. The number of benzene rings is 1. The number of carbonyl (C=O) groups is 1. The molecule has 2 aliphatic rings. The number of halogens is 2. The molecule has 0 spiro atoms. The largest absolute Gasteiger partial charge is 0.350 e. The molecule has 3 rings (SSSR count). The fourth-order valence-corrected chi connectivity index (χ4v) is 4.59. The predicted molar refractivity (Wildman–Crippen MR) is 110 cm³/mol. The van der Waals surface area contributed by atoms with Gasteiger partial charge in [0.1, 0.15) is 5.82 Å². The highest BCUT2D eigenvalue weighted by atomic mass is 35.5. The lowest BCUT2D eigenvalue weighted by Gasteiger charge is -2.23. The first-order valence-electron chi connectivity index (χ1n) is 9.02. The Morgan fingerprint density at radius 2 is 2.08 bits per heavy atom. The topological polar surface area (TPSA) is 44.7 Å². The number of nitrogens with zero attached hydrogens (tertiary/aromatic N) is 2. The van der Waals surface area contributed by atoms with Crippen LogP contribution in [0.4, 0.5) is 10.1 Å². The van der Waals surface area contributed by atoms with Crippen molar-refractivity contribution in [1.82, 2.24) is 4.90 Å². The standard InChI is InChI=1S/C19H26FN3OS.ClH/c1-13-8-9-15(10-17(13)20)21-18(24)11-16-12-25-19(23(16)2)22-14-6-4-3-5-7-14;/h8-10,14,16H,3-7,11-12H2,1-2H3,(H,21,24);1H. The first-order chi connectivity index (χ1) is 12.0. The Labute approximate surface area is 165 Å². The maximum atomic E-state index is 13.6. The molecule has 0 bridgehead atoms. The summed E-state index contributed by atoms with van der Waals surface area (Å²) < 4.78 is 13.6. The van der Waals surface area contributed by atoms with E-state index in [9.17, 15) is 9.18 Å². The minimum Gasteiger partial charge on any atom is -0.350 e. The van der Waals surface area contributed by atoms with Crippen LogP contribution in [0.1, 0.15) is 44.1 Å². The molecular formula is C19H27ClFN3OS. The summed E-state index contributed by atoms with van der Waals surface area (Å²) >= 11 is 1.74. The summed E-state index contributed by atoms with van der Waals surface area (Å²) in [5.74, 6) is 0.491. The second kappa shape index (κ2) is 9.60. The molecule has 144 valence electrons. The van der Waals surface area contributed by atoms with E-state index in [2.05, 4.69) is 10.2 Å². The molecule has 1 aromatic rings. The lowest BCUT2D eigenvalue weighted by Crippen LogP contribution is -2.34. The molecule has 1 aliphatic heterocycles. The highest BCUT2D eigenvalue weighted by molar-refractivity contribution is 8.14. The van der Waals surface area contributed by atoms with Gasteiger partial charge in [-0.05, 0) is 37.5 Å². The zero-order valence-corrected chi connectivity index (χ0v) is 17.0. The number of hydrogen-bond donors (Lipinski definition) is 1. The second-order valence-electron chi connectivity index (χ2n) is 7.00. The average molecular weight is 400 g/mol. The first-order valence-corrected chi connectivity index (χ1v) is 10.0. The molecule has 1 saturated heterocycles. The van der Waals surface area contributed by atoms with Crippen LogP contribution in [0.5, 0.6) is 0 Å². The van der Waals surface area contributed by atoms with Crippen molar-refractivity contribution in [3.63, 3.8) is 0 Å². The van der Waals surface area contributed by atoms with Crippen LogP contribution in [-0.2, 0) is 4.79 Å². The number of anilines is 1. The van der Waals surface area contributed by atoms with Gasteiger partial charge in [-0.1, -0.05) is 37.1 Å². The Bertz CT molecular complexity index is 664. The summed E-state index contributed by atoms with van der Waals surface area (Å²) in [4.78, 5) is 19.3. The van der Waals surface area contributed by atoms with Gasteiger partial charge in [0.05, 0.1) is 6.04 Å². The van der Waals surface area contributed by atoms with E-state index in [0.717, 1.165) is 10.9 Å². The quantitative estimate of drug-likeness (QED) is 0.803. The summed E-state index contributed by atoms with van der Waals surface area (Å²) in [5, 5.41) is 3.86. The average Bonchev–Trinajstić information content (AvgIpc) is 2.92. The highest BCUT2D eigenvalue weighted by Gasteiger charge is 2.29. The molecule has 1 heterocycles. The minimum atomic E-state index is -0.298. The number of rotatable bonds is 4. The molecule has 0 aromatic heterocycles. The van der Waals surface area contributed by atoms with E-state index in [1.165, 1.54) is 38.2 Å². The van der Waals surface area contributed by atoms with Crippen molar-refractivity contribution in [2.45, 2.75) is 57.5 Å². The molecule has 26 heavy (non-hydrogen) atoms. The third-order valence-corrected chi connectivity index (χ3v) is 6.20. The van der Waals surface area contributed by atoms with Gasteiger partial charge in [0, 0.05) is 31.0 Å². The molecule has 1 atom stereocenters. The first kappa shape index (κ1) is 21.0. The summed E-state index contributed by atoms with van der Waals surface area (Å²) in [6.07, 6.45) is 6.63. The SMILES string of the molecule is Cc1ccc(NC(=O)CC2CSC(=NC3CCCCC3)N2C)cc1F.Cl. The van der Waals surface area contributed by atoms with Crippen molar-refractivity contribution < 1.29 is 9.18 Å². The molecule has 1 amide bonds. The number of hydrogen-bond acceptors (Lipinski definition) is 3. The van der Waals surface area contributed by atoms with Crippen LogP contribution in [0.15, 0.2) is 23.2 Å². The number of aryl methyl sites for hydroxylation is 1. The number of amidine groups is 1. The van der Waals surface area contributed by atoms with E-state index in [-0.39, 0.29) is 30.2 Å². The summed E-state index contributed by atoms with van der Waals surface area (Å²) in [6, 6.07) is 5.37. The van der Waals surface area contributed by atoms with Crippen molar-refractivity contribution in [2.75, 3.05) is 18.1 Å². The molecule has 1 saturated carbocycles. The molecule has 1 aromatic carbocycles. The van der Waals surface area contributed by atoms with Crippen LogP contribution in [0.25, 0.3) is 0 Å². The number of amides is 1. The minimum absolute atomic E-state index is 0. The van der Waals surface area contributed by atoms with E-state index in [1.807, 2.05) is 7.05 Å². The molecular weight excluding hydrogens is 373 g/mol. The highest BCUT2D eigenvalue weighted by Crippen LogP contribution is 2.28. The van der Waals surface area contributed by atoms with Gasteiger partial charge in [-0.15, -0.1) is 12.4 Å². The van der Waals surface area contributed by atoms with E-state index < -0.39 is 0 Å². The Balaban J connectivity index is 0.00000243. The third kappa shape index (κ3) is 5.36. The fourth-order valence-electron chi connectivity index (χ4n) is 3.33. The molecule has 1 unspecified atom stereocenters. The van der Waals surface area contributed by atoms with Gasteiger partial charge < -0.3 is 10.2 Å². The van der Waals surface area contributed by atoms with E-state index >= 15 is 0 Å². The van der Waals surface area contributed by atoms with E-state index in [0.29, 0.717) is 23.7 Å². The molecule has 7 heteroatoms. The lowest BCUT2D eigenvalue weighted by atomic mass is 9.96. The van der Waals surface area contributed by atoms with Crippen molar-refractivity contribution in [2.24, 2.45) is 4.99 Å². The van der Waals surface area contributed by atoms with Crippen molar-refractivity contribution in [3.8, 4) is 0 Å². The number of thioether (sulfide) groups is 1. The third-order valence-electron chi connectivity index (χ3n) is 5.00. The summed E-state index contributed by atoms with van der Waals surface area (Å²) in [5.41, 5.74) is 1.09. The van der Waals surface area contributed by atoms with Crippen LogP contribution in [-0.4, -0.2) is 40.9 Å². The van der Waals surface area contributed by atoms with Crippen molar-refractivity contribution >= 4 is 40.9 Å². The Morgan fingerprint density at radius 3 is 2.77 bits per heavy atom. The molecule has 0 radical (unpaired) electrons. The second-order valence-corrected chi connectivity index (χ2v) is 7.98. The number of nitrogens with one attached hydrogen (secondary N) is 1. The Hall–Kier alpha value is -1.27. The van der Waals surface area contributed by atoms with Crippen molar-refractivity contribution in [3.05, 3.63) is 29.6 Å². The van der Waals surface area contributed by atoms with E-state index in [4.69, 9.17) is 4.99 Å². The van der Waals surface area contributed by atoms with Crippen LogP contribution < -0.4 is 5.32 Å². The van der Waals surface area contributed by atoms with Gasteiger partial charge in [-0.3, -0.25) is 9.79 Å². The predicted octanol–water partition coefficient (Wildman–Crippen LogP) is 4.62. The maximum absolute atomic E-state index is 13.6. The molecule has 2 fully saturated rings. The van der Waals surface area contributed by atoms with Crippen LogP contribution in [0.3, 0.4) is 0 Å². The van der Waals surface area contributed by atoms with Gasteiger partial charge in [0.2, 0.25) is 5.91 Å². The maximum Gasteiger partial charge on any atom is 0.226 e. The van der Waals surface area contributed by atoms with Gasteiger partial charge >= 0.3 is 0 Å². The molecule has 1 N–H and O–H groups in total. The normalized spacial score (nSPS) is 22.3. The zero-order valence-electron chi connectivity index (χ0n) is 15.3. The van der Waals surface area contributed by atoms with Gasteiger partial charge in [-0.2, -0.15) is 0 Å². The van der Waals surface area contributed by atoms with Crippen LogP contribution >= 0.6 is 24.2 Å². The van der Waals surface area contributed by atoms with Crippen LogP contribution in [0.2, 0.25) is 0 Å². The lowest BCUT2D eigenvalue weighted by molar-refractivity contribution is -0.116. The van der Waals surface area contributed by atoms with Gasteiger partial charge in [0.25, 0.3) is 0 Å². The van der Waals surface area contributed by atoms with Gasteiger partial charge in [-0.25, -0.2) is 4.39 Å². The number of aliphatic imine (C=N–C) groups is 1. The zero-order chi connectivity index (χ0) is 17.8. The van der Waals surface area contributed by atoms with Crippen molar-refractivity contribution in [1.29, 1.82) is 0 Å². The monoisotopic (exact) mass is 399 g/mol. The Morgan fingerprint density at radius 1 is 1.35 bits per heavy atom. The molecule has 4 nitrogen and oxygen atoms in total. The fraction of sp³-hybridized carbons (Fsp3) is 0.579. The molecule has 1 aliphatic carbocycles. The van der Waals surface area contributed by atoms with Crippen LogP contribution in [0, 0.1) is 12.7 Å². The Kier molecular flexibility index (Phi) is 7.77. The van der Waals surface area contributed by atoms with E-state index in [1.54, 1.807) is 30.8 Å². The summed E-state index contributed by atoms with van der Waals surface area (Å²) in [6.45, 7) is 1.71.